The van der Waals surface area contributed by atoms with Crippen molar-refractivity contribution in [1.82, 2.24) is 9.55 Å². The summed E-state index contributed by atoms with van der Waals surface area (Å²) in [4.78, 5) is 31.6. The first-order valence-electron chi connectivity index (χ1n) is 8.24. The van der Waals surface area contributed by atoms with Crippen LogP contribution in [0.4, 0.5) is 0 Å². The zero-order chi connectivity index (χ0) is 16.6. The standard InChI is InChI=1S/C17H22N2O3S/c1-4-12(17(21)22-5-2)19-9-18-15-14(16(19)20)11-7-6-10(3)8-13(11)23-15/h9-10,12H,4-8H2,1-3H3/t10-,12+/m0/s1. The van der Waals surface area contributed by atoms with Crippen molar-refractivity contribution in [3.8, 4) is 0 Å². The van der Waals surface area contributed by atoms with E-state index in [1.807, 2.05) is 6.92 Å². The molecule has 0 fully saturated rings. The molecule has 23 heavy (non-hydrogen) atoms. The second kappa shape index (κ2) is 6.43. The number of esters is 1. The Morgan fingerprint density at radius 3 is 3.00 bits per heavy atom. The molecular formula is C17H22N2O3S. The molecule has 0 spiro atoms. The molecule has 3 rings (SSSR count). The first-order valence-corrected chi connectivity index (χ1v) is 9.06. The van der Waals surface area contributed by atoms with Crippen molar-refractivity contribution in [3.05, 3.63) is 27.1 Å². The topological polar surface area (TPSA) is 61.2 Å². The number of hydrogen-bond donors (Lipinski definition) is 0. The Balaban J connectivity index is 2.12. The molecule has 0 aliphatic heterocycles. The molecule has 2 heterocycles. The summed E-state index contributed by atoms with van der Waals surface area (Å²) in [6, 6.07) is -0.600. The number of aromatic nitrogens is 2. The SMILES string of the molecule is CCOC(=O)[C@@H](CC)n1cnc2sc3c(c2c1=O)CC[C@H](C)C3. The molecule has 0 N–H and O–H groups in total. The van der Waals surface area contributed by atoms with E-state index in [0.717, 1.165) is 29.7 Å². The van der Waals surface area contributed by atoms with Crippen LogP contribution in [0.2, 0.25) is 0 Å². The van der Waals surface area contributed by atoms with E-state index < -0.39 is 6.04 Å². The average molecular weight is 334 g/mol. The lowest BCUT2D eigenvalue weighted by atomic mass is 9.89. The quantitative estimate of drug-likeness (QED) is 0.806. The number of hydrogen-bond acceptors (Lipinski definition) is 5. The molecule has 1 aliphatic carbocycles. The van der Waals surface area contributed by atoms with E-state index in [0.29, 0.717) is 24.3 Å². The summed E-state index contributed by atoms with van der Waals surface area (Å²) in [6.45, 7) is 6.20. The van der Waals surface area contributed by atoms with Gasteiger partial charge in [-0.2, -0.15) is 0 Å². The van der Waals surface area contributed by atoms with Crippen LogP contribution in [0.15, 0.2) is 11.1 Å². The van der Waals surface area contributed by atoms with Crippen molar-refractivity contribution in [2.45, 2.75) is 52.5 Å². The first kappa shape index (κ1) is 16.2. The molecule has 0 bridgehead atoms. The molecular weight excluding hydrogens is 312 g/mol. The molecule has 1 aliphatic rings. The zero-order valence-corrected chi connectivity index (χ0v) is 14.6. The monoisotopic (exact) mass is 334 g/mol. The van der Waals surface area contributed by atoms with Crippen molar-refractivity contribution >= 4 is 27.5 Å². The van der Waals surface area contributed by atoms with Gasteiger partial charge in [-0.15, -0.1) is 11.3 Å². The fourth-order valence-electron chi connectivity index (χ4n) is 3.28. The Bertz CT molecular complexity index is 793. The number of thiophene rings is 1. The minimum Gasteiger partial charge on any atom is -0.464 e. The van der Waals surface area contributed by atoms with Crippen LogP contribution in [-0.2, 0) is 22.4 Å². The van der Waals surface area contributed by atoms with Gasteiger partial charge in [0.25, 0.3) is 5.56 Å². The number of carbonyl (C=O) groups is 1. The normalized spacial score (nSPS) is 18.7. The average Bonchev–Trinajstić information content (AvgIpc) is 2.88. The van der Waals surface area contributed by atoms with Gasteiger partial charge in [-0.1, -0.05) is 13.8 Å². The third-order valence-corrected chi connectivity index (χ3v) is 5.68. The Hall–Kier alpha value is -1.69. The van der Waals surface area contributed by atoms with Gasteiger partial charge in [0.1, 0.15) is 10.9 Å². The van der Waals surface area contributed by atoms with Gasteiger partial charge in [0.15, 0.2) is 0 Å². The van der Waals surface area contributed by atoms with E-state index in [1.54, 1.807) is 18.3 Å². The Kier molecular flexibility index (Phi) is 4.53. The van der Waals surface area contributed by atoms with Crippen molar-refractivity contribution in [1.29, 1.82) is 0 Å². The van der Waals surface area contributed by atoms with E-state index in [1.165, 1.54) is 15.8 Å². The number of ether oxygens (including phenoxy) is 1. The predicted octanol–water partition coefficient (Wildman–Crippen LogP) is 3.10. The molecule has 0 aromatic carbocycles. The highest BCUT2D eigenvalue weighted by Gasteiger charge is 2.26. The second-order valence-electron chi connectivity index (χ2n) is 6.17. The van der Waals surface area contributed by atoms with Gasteiger partial charge in [-0.3, -0.25) is 9.36 Å². The molecule has 0 unspecified atom stereocenters. The zero-order valence-electron chi connectivity index (χ0n) is 13.8. The van der Waals surface area contributed by atoms with Crippen molar-refractivity contribution < 1.29 is 9.53 Å². The summed E-state index contributed by atoms with van der Waals surface area (Å²) in [5.41, 5.74) is 1.04. The van der Waals surface area contributed by atoms with E-state index in [9.17, 15) is 9.59 Å². The van der Waals surface area contributed by atoms with Crippen molar-refractivity contribution in [2.24, 2.45) is 5.92 Å². The fraction of sp³-hybridized carbons (Fsp3) is 0.588. The second-order valence-corrected chi connectivity index (χ2v) is 7.25. The predicted molar refractivity (Wildman–Crippen MR) is 91.0 cm³/mol. The van der Waals surface area contributed by atoms with E-state index in [2.05, 4.69) is 11.9 Å². The Morgan fingerprint density at radius 2 is 2.30 bits per heavy atom. The maximum absolute atomic E-state index is 13.0. The van der Waals surface area contributed by atoms with Crippen LogP contribution in [0, 0.1) is 5.92 Å². The molecule has 6 heteroatoms. The lowest BCUT2D eigenvalue weighted by Gasteiger charge is -2.18. The summed E-state index contributed by atoms with van der Waals surface area (Å²) in [5, 5.41) is 0.710. The van der Waals surface area contributed by atoms with Gasteiger partial charge in [-0.25, -0.2) is 9.78 Å². The minimum atomic E-state index is -0.600. The largest absolute Gasteiger partial charge is 0.464 e. The molecule has 0 saturated heterocycles. The van der Waals surface area contributed by atoms with Crippen LogP contribution in [-0.4, -0.2) is 22.1 Å². The van der Waals surface area contributed by atoms with Gasteiger partial charge in [0.2, 0.25) is 0 Å². The van der Waals surface area contributed by atoms with Crippen LogP contribution >= 0.6 is 11.3 Å². The molecule has 124 valence electrons. The van der Waals surface area contributed by atoms with Crippen LogP contribution in [0.5, 0.6) is 0 Å². The molecule has 5 nitrogen and oxygen atoms in total. The Labute approximate surface area is 139 Å². The summed E-state index contributed by atoms with van der Waals surface area (Å²) < 4.78 is 6.55. The van der Waals surface area contributed by atoms with Crippen LogP contribution < -0.4 is 5.56 Å². The lowest BCUT2D eigenvalue weighted by Crippen LogP contribution is -2.31. The molecule has 2 aromatic rings. The maximum atomic E-state index is 13.0. The van der Waals surface area contributed by atoms with Crippen molar-refractivity contribution in [3.63, 3.8) is 0 Å². The first-order chi connectivity index (χ1) is 11.1. The number of carbonyl (C=O) groups excluding carboxylic acids is 1. The third kappa shape index (κ3) is 2.80. The summed E-state index contributed by atoms with van der Waals surface area (Å²) in [5.74, 6) is 0.289. The number of aryl methyl sites for hydroxylation is 1. The van der Waals surface area contributed by atoms with Gasteiger partial charge in [0.05, 0.1) is 18.3 Å². The van der Waals surface area contributed by atoms with E-state index in [-0.39, 0.29) is 11.5 Å². The smallest absolute Gasteiger partial charge is 0.329 e. The third-order valence-electron chi connectivity index (χ3n) is 4.52. The molecule has 0 radical (unpaired) electrons. The maximum Gasteiger partial charge on any atom is 0.329 e. The van der Waals surface area contributed by atoms with Crippen molar-refractivity contribution in [2.75, 3.05) is 6.61 Å². The number of rotatable bonds is 4. The lowest BCUT2D eigenvalue weighted by molar-refractivity contribution is -0.147. The van der Waals surface area contributed by atoms with Crippen LogP contribution in [0.1, 0.15) is 50.1 Å². The highest BCUT2D eigenvalue weighted by Crippen LogP contribution is 2.35. The van der Waals surface area contributed by atoms with Gasteiger partial charge in [-0.05, 0) is 44.1 Å². The fourth-order valence-corrected chi connectivity index (χ4v) is 4.62. The molecule has 2 aromatic heterocycles. The van der Waals surface area contributed by atoms with Crippen LogP contribution in [0.25, 0.3) is 10.2 Å². The summed E-state index contributed by atoms with van der Waals surface area (Å²) >= 11 is 1.62. The molecule has 0 saturated carbocycles. The highest BCUT2D eigenvalue weighted by atomic mass is 32.1. The summed E-state index contributed by atoms with van der Waals surface area (Å²) in [6.07, 6.45) is 5.05. The summed E-state index contributed by atoms with van der Waals surface area (Å²) in [7, 11) is 0. The van der Waals surface area contributed by atoms with Gasteiger partial charge < -0.3 is 4.74 Å². The van der Waals surface area contributed by atoms with Gasteiger partial charge >= 0.3 is 5.97 Å². The Morgan fingerprint density at radius 1 is 1.52 bits per heavy atom. The molecule has 0 amide bonds. The van der Waals surface area contributed by atoms with E-state index in [4.69, 9.17) is 4.74 Å². The van der Waals surface area contributed by atoms with E-state index >= 15 is 0 Å². The van der Waals surface area contributed by atoms with Gasteiger partial charge in [0, 0.05) is 4.88 Å². The number of fused-ring (bicyclic) bond motifs is 3. The minimum absolute atomic E-state index is 0.109. The highest BCUT2D eigenvalue weighted by molar-refractivity contribution is 7.18. The van der Waals surface area contributed by atoms with Crippen LogP contribution in [0.3, 0.4) is 0 Å². The molecule has 2 atom stereocenters. The number of nitrogens with zero attached hydrogens (tertiary/aromatic N) is 2.